The molecule has 1 aliphatic heterocycles. The number of aromatic nitrogens is 1. The van der Waals surface area contributed by atoms with Gasteiger partial charge in [0.2, 0.25) is 5.89 Å². The lowest BCUT2D eigenvalue weighted by Crippen LogP contribution is -2.40. The van der Waals surface area contributed by atoms with Crippen LogP contribution in [0.2, 0.25) is 0 Å². The van der Waals surface area contributed by atoms with Crippen LogP contribution >= 0.6 is 24.0 Å². The summed E-state index contributed by atoms with van der Waals surface area (Å²) in [5, 5.41) is 6.74. The van der Waals surface area contributed by atoms with Gasteiger partial charge in [-0.05, 0) is 45.0 Å². The number of benzene rings is 1. The van der Waals surface area contributed by atoms with Gasteiger partial charge in [0.05, 0.1) is 6.54 Å². The van der Waals surface area contributed by atoms with E-state index >= 15 is 0 Å². The van der Waals surface area contributed by atoms with E-state index in [1.165, 1.54) is 13.0 Å². The fourth-order valence-corrected chi connectivity index (χ4v) is 3.03. The highest BCUT2D eigenvalue weighted by Crippen LogP contribution is 2.18. The van der Waals surface area contributed by atoms with E-state index in [1.807, 2.05) is 30.3 Å². The Balaban J connectivity index is 0.00000243. The molecule has 1 aromatic heterocycles. The van der Waals surface area contributed by atoms with Gasteiger partial charge in [0.25, 0.3) is 0 Å². The molecule has 3 rings (SSSR count). The standard InChI is InChI=1S/C19H27N5O.HI/c1-3-20-19(21-11-15-9-10-24(2)13-15)22-12-17-14-25-18(23-17)16-7-5-4-6-8-16;/h4-8,14-15H,3,9-13H2,1-2H3,(H2,20,21,22);1H. The molecule has 1 unspecified atom stereocenters. The van der Waals surface area contributed by atoms with E-state index in [-0.39, 0.29) is 24.0 Å². The van der Waals surface area contributed by atoms with Crippen LogP contribution in [0.1, 0.15) is 19.0 Å². The molecule has 1 saturated heterocycles. The molecular formula is C19H28IN5O. The smallest absolute Gasteiger partial charge is 0.226 e. The molecule has 7 heteroatoms. The summed E-state index contributed by atoms with van der Waals surface area (Å²) < 4.78 is 5.57. The van der Waals surface area contributed by atoms with Crippen LogP contribution in [0, 0.1) is 5.92 Å². The molecule has 1 fully saturated rings. The largest absolute Gasteiger partial charge is 0.444 e. The number of oxazole rings is 1. The average Bonchev–Trinajstić information content (AvgIpc) is 3.27. The van der Waals surface area contributed by atoms with Gasteiger partial charge in [-0.2, -0.15) is 0 Å². The van der Waals surface area contributed by atoms with Crippen molar-refractivity contribution in [1.82, 2.24) is 20.5 Å². The van der Waals surface area contributed by atoms with Crippen molar-refractivity contribution in [2.24, 2.45) is 10.9 Å². The lowest BCUT2D eigenvalue weighted by molar-refractivity contribution is 0.394. The molecule has 2 heterocycles. The molecule has 1 atom stereocenters. The van der Waals surface area contributed by atoms with Crippen LogP contribution in [0.3, 0.4) is 0 Å². The first-order valence-electron chi connectivity index (χ1n) is 8.95. The van der Waals surface area contributed by atoms with Crippen molar-refractivity contribution in [3.63, 3.8) is 0 Å². The first-order valence-corrected chi connectivity index (χ1v) is 8.95. The third-order valence-electron chi connectivity index (χ3n) is 4.36. The lowest BCUT2D eigenvalue weighted by atomic mass is 10.1. The summed E-state index contributed by atoms with van der Waals surface area (Å²) in [6, 6.07) is 9.91. The maximum Gasteiger partial charge on any atom is 0.226 e. The Bertz CT molecular complexity index is 688. The highest BCUT2D eigenvalue weighted by atomic mass is 127. The molecular weight excluding hydrogens is 441 g/mol. The second kappa shape index (κ2) is 10.5. The minimum Gasteiger partial charge on any atom is -0.444 e. The average molecular weight is 469 g/mol. The van der Waals surface area contributed by atoms with Gasteiger partial charge in [-0.15, -0.1) is 24.0 Å². The van der Waals surface area contributed by atoms with Gasteiger partial charge in [0.15, 0.2) is 5.96 Å². The molecule has 0 radical (unpaired) electrons. The van der Waals surface area contributed by atoms with Gasteiger partial charge in [-0.1, -0.05) is 18.2 Å². The molecule has 0 bridgehead atoms. The number of hydrogen-bond acceptors (Lipinski definition) is 4. The maximum absolute atomic E-state index is 5.57. The number of hydrogen-bond donors (Lipinski definition) is 2. The first-order chi connectivity index (χ1) is 12.2. The van der Waals surface area contributed by atoms with E-state index in [4.69, 9.17) is 4.42 Å². The third-order valence-corrected chi connectivity index (χ3v) is 4.36. The first kappa shape index (κ1) is 20.7. The maximum atomic E-state index is 5.57. The van der Waals surface area contributed by atoms with Gasteiger partial charge in [0, 0.05) is 25.2 Å². The normalized spacial score (nSPS) is 17.8. The molecule has 1 aromatic carbocycles. The van der Waals surface area contributed by atoms with Crippen LogP contribution in [0.15, 0.2) is 46.0 Å². The van der Waals surface area contributed by atoms with Gasteiger partial charge >= 0.3 is 0 Å². The summed E-state index contributed by atoms with van der Waals surface area (Å²) >= 11 is 0. The molecule has 0 spiro atoms. The summed E-state index contributed by atoms with van der Waals surface area (Å²) in [5.41, 5.74) is 1.81. The van der Waals surface area contributed by atoms with Crippen molar-refractivity contribution in [1.29, 1.82) is 0 Å². The fraction of sp³-hybridized carbons (Fsp3) is 0.474. The van der Waals surface area contributed by atoms with E-state index < -0.39 is 0 Å². The van der Waals surface area contributed by atoms with E-state index in [9.17, 15) is 0 Å². The monoisotopic (exact) mass is 469 g/mol. The van der Waals surface area contributed by atoms with E-state index in [0.717, 1.165) is 36.9 Å². The Kier molecular flexibility index (Phi) is 8.37. The summed E-state index contributed by atoms with van der Waals surface area (Å²) in [6.07, 6.45) is 2.92. The number of halogens is 1. The molecule has 142 valence electrons. The number of nitrogens with zero attached hydrogens (tertiary/aromatic N) is 3. The Labute approximate surface area is 172 Å². The summed E-state index contributed by atoms with van der Waals surface area (Å²) in [6.45, 7) is 6.69. The van der Waals surface area contributed by atoms with Crippen molar-refractivity contribution in [3.8, 4) is 11.5 Å². The van der Waals surface area contributed by atoms with Crippen LogP contribution < -0.4 is 10.6 Å². The van der Waals surface area contributed by atoms with Gasteiger partial charge in [-0.25, -0.2) is 9.98 Å². The summed E-state index contributed by atoms with van der Waals surface area (Å²) in [7, 11) is 2.17. The Hall–Kier alpha value is -1.61. The zero-order valence-corrected chi connectivity index (χ0v) is 17.8. The van der Waals surface area contributed by atoms with Crippen molar-refractivity contribution >= 4 is 29.9 Å². The Morgan fingerprint density at radius 2 is 2.12 bits per heavy atom. The van der Waals surface area contributed by atoms with Crippen LogP contribution in [0.4, 0.5) is 0 Å². The molecule has 26 heavy (non-hydrogen) atoms. The predicted octanol–water partition coefficient (Wildman–Crippen LogP) is 2.97. The van der Waals surface area contributed by atoms with Gasteiger partial charge < -0.3 is 20.0 Å². The van der Waals surface area contributed by atoms with Crippen molar-refractivity contribution in [3.05, 3.63) is 42.3 Å². The zero-order valence-electron chi connectivity index (χ0n) is 15.4. The zero-order chi connectivity index (χ0) is 17.5. The minimum atomic E-state index is 0. The van der Waals surface area contributed by atoms with Gasteiger partial charge in [-0.3, -0.25) is 0 Å². The number of nitrogens with one attached hydrogen (secondary N) is 2. The van der Waals surface area contributed by atoms with E-state index in [2.05, 4.69) is 39.5 Å². The topological polar surface area (TPSA) is 65.7 Å². The number of likely N-dealkylation sites (tertiary alicyclic amines) is 1. The molecule has 0 amide bonds. The predicted molar refractivity (Wildman–Crippen MR) is 116 cm³/mol. The van der Waals surface area contributed by atoms with Crippen molar-refractivity contribution in [2.75, 3.05) is 33.2 Å². The fourth-order valence-electron chi connectivity index (χ4n) is 3.03. The number of aliphatic imine (C=N–C) groups is 1. The van der Waals surface area contributed by atoms with Crippen molar-refractivity contribution < 1.29 is 4.42 Å². The second-order valence-electron chi connectivity index (χ2n) is 6.50. The molecule has 6 nitrogen and oxygen atoms in total. The highest BCUT2D eigenvalue weighted by Gasteiger charge is 2.19. The Morgan fingerprint density at radius 1 is 1.31 bits per heavy atom. The third kappa shape index (κ3) is 5.98. The van der Waals surface area contributed by atoms with Crippen LogP contribution in [-0.4, -0.2) is 49.1 Å². The lowest BCUT2D eigenvalue weighted by Gasteiger charge is -2.15. The molecule has 2 aromatic rings. The number of rotatable bonds is 6. The molecule has 1 aliphatic rings. The van der Waals surface area contributed by atoms with Crippen molar-refractivity contribution in [2.45, 2.75) is 19.9 Å². The van der Waals surface area contributed by atoms with E-state index in [1.54, 1.807) is 6.26 Å². The molecule has 0 saturated carbocycles. The second-order valence-corrected chi connectivity index (χ2v) is 6.50. The number of guanidine groups is 1. The quantitative estimate of drug-likeness (QED) is 0.387. The summed E-state index contributed by atoms with van der Waals surface area (Å²) in [4.78, 5) is 11.5. The van der Waals surface area contributed by atoms with Gasteiger partial charge in [0.1, 0.15) is 12.0 Å². The molecule has 2 N–H and O–H groups in total. The van der Waals surface area contributed by atoms with Crippen LogP contribution in [0.5, 0.6) is 0 Å². The summed E-state index contributed by atoms with van der Waals surface area (Å²) in [5.74, 6) is 2.16. The van der Waals surface area contributed by atoms with Crippen LogP contribution in [0.25, 0.3) is 11.5 Å². The van der Waals surface area contributed by atoms with E-state index in [0.29, 0.717) is 18.4 Å². The highest BCUT2D eigenvalue weighted by molar-refractivity contribution is 14.0. The minimum absolute atomic E-state index is 0. The molecule has 0 aliphatic carbocycles. The SMILES string of the molecule is CCNC(=NCc1coc(-c2ccccc2)n1)NCC1CCN(C)C1.I. The van der Waals surface area contributed by atoms with Crippen LogP contribution in [-0.2, 0) is 6.54 Å². The Morgan fingerprint density at radius 3 is 2.81 bits per heavy atom.